The van der Waals surface area contributed by atoms with E-state index in [1.807, 2.05) is 0 Å². The molecule has 184 valence electrons. The first kappa shape index (κ1) is 32.5. The van der Waals surface area contributed by atoms with Crippen molar-refractivity contribution in [3.63, 3.8) is 0 Å². The molecule has 5 atom stereocenters. The predicted molar refractivity (Wildman–Crippen MR) is 114 cm³/mol. The number of carbonyl (C=O) groups is 4. The van der Waals surface area contributed by atoms with Gasteiger partial charge in [0.2, 0.25) is 12.4 Å². The summed E-state index contributed by atoms with van der Waals surface area (Å²) in [4.78, 5) is 45.0. The van der Waals surface area contributed by atoms with Crippen LogP contribution in [0.25, 0.3) is 0 Å². The molecule has 1 aliphatic heterocycles. The predicted octanol–water partition coefficient (Wildman–Crippen LogP) is 1.83. The molecule has 1 saturated heterocycles. The van der Waals surface area contributed by atoms with Crippen molar-refractivity contribution in [2.75, 3.05) is 18.5 Å². The quantitative estimate of drug-likeness (QED) is 0.131. The maximum atomic E-state index is 11.3. The number of esters is 4. The molecule has 0 radical (unpaired) electrons. The van der Waals surface area contributed by atoms with Crippen LogP contribution in [-0.2, 0) is 77.9 Å². The zero-order valence-corrected chi connectivity index (χ0v) is 22.9. The third-order valence-corrected chi connectivity index (χ3v) is 7.52. The van der Waals surface area contributed by atoms with Crippen LogP contribution in [0, 0.1) is 0 Å². The average molecular weight is 665 g/mol. The fraction of sp³-hybridized carbons (Fsp3) is 0.789. The number of ether oxygens (including phenoxy) is 5. The second-order valence-corrected chi connectivity index (χ2v) is 10.6. The minimum Gasteiger partial charge on any atom is -0.757 e. The van der Waals surface area contributed by atoms with E-state index in [1.54, 1.807) is 0 Å². The molecule has 1 heterocycles. The van der Waals surface area contributed by atoms with Crippen LogP contribution in [0.15, 0.2) is 0 Å². The van der Waals surface area contributed by atoms with Gasteiger partial charge in [0.15, 0.2) is 6.10 Å². The van der Waals surface area contributed by atoms with Crippen molar-refractivity contribution in [2.24, 2.45) is 0 Å². The molecule has 1 fully saturated rings. The van der Waals surface area contributed by atoms with Gasteiger partial charge in [0.05, 0.1) is 18.5 Å². The average Bonchev–Trinajstić information content (AvgIpc) is 2.62. The van der Waals surface area contributed by atoms with Crippen LogP contribution >= 0.6 is 7.92 Å². The molecule has 0 aromatic rings. The molecule has 0 aromatic heterocycles. The van der Waals surface area contributed by atoms with Crippen LogP contribution in [0.3, 0.4) is 0 Å². The molecule has 0 saturated carbocycles. The Bertz CT molecular complexity index is 583. The Labute approximate surface area is 206 Å². The van der Waals surface area contributed by atoms with Crippen LogP contribution < -0.4 is 0 Å². The van der Waals surface area contributed by atoms with Crippen molar-refractivity contribution in [1.29, 1.82) is 0 Å². The van der Waals surface area contributed by atoms with E-state index >= 15 is 0 Å². The molecule has 0 aromatic carbocycles. The van der Waals surface area contributed by atoms with Crippen LogP contribution in [0.1, 0.15) is 48.5 Å². The summed E-state index contributed by atoms with van der Waals surface area (Å²) in [5.41, 5.74) is -1.18. The zero-order chi connectivity index (χ0) is 23.4. The zero-order valence-electron chi connectivity index (χ0n) is 18.9. The Morgan fingerprint density at radius 2 is 1.06 bits per heavy atom. The van der Waals surface area contributed by atoms with Crippen LogP contribution in [0.4, 0.5) is 0 Å². The normalized spacial score (nSPS) is 24.6. The van der Waals surface area contributed by atoms with Crippen molar-refractivity contribution in [3.05, 3.63) is 0 Å². The molecule has 0 aliphatic carbocycles. The van der Waals surface area contributed by atoms with Gasteiger partial charge in [-0.25, -0.2) is 0 Å². The fourth-order valence-corrected chi connectivity index (χ4v) is 4.57. The summed E-state index contributed by atoms with van der Waals surface area (Å²) < 4.78 is 25.3. The van der Waals surface area contributed by atoms with E-state index in [0.717, 1.165) is 27.7 Å². The van der Waals surface area contributed by atoms with E-state index in [2.05, 4.69) is 20.8 Å². The second-order valence-electron chi connectivity index (χ2n) is 6.52. The number of hydrogen-bond donors (Lipinski definition) is 0. The minimum atomic E-state index is -1.39. The Balaban J connectivity index is 0. The van der Waals surface area contributed by atoms with Gasteiger partial charge in [-0.05, 0) is 34.1 Å². The molecule has 0 amide bonds. The summed E-state index contributed by atoms with van der Waals surface area (Å²) in [5.74, 6) is -2.88. The molecular weight excluding hydrogens is 632 g/mol. The van der Waals surface area contributed by atoms with Crippen molar-refractivity contribution < 1.29 is 65.2 Å². The minimum absolute atomic E-state index is 0. The van der Waals surface area contributed by atoms with E-state index in [-0.39, 0.29) is 30.3 Å². The van der Waals surface area contributed by atoms with Gasteiger partial charge in [0.1, 0.15) is 6.10 Å². The first-order valence-corrected chi connectivity index (χ1v) is 12.4. The third kappa shape index (κ3) is 12.8. The van der Waals surface area contributed by atoms with Crippen molar-refractivity contribution in [1.82, 2.24) is 0 Å². The summed E-state index contributed by atoms with van der Waals surface area (Å²) in [5, 5.41) is 0. The van der Waals surface area contributed by atoms with Crippen molar-refractivity contribution in [3.8, 4) is 0 Å². The smallest absolute Gasteiger partial charge is 0.757 e. The van der Waals surface area contributed by atoms with Gasteiger partial charge < -0.3 is 36.3 Å². The largest absolute Gasteiger partial charge is 1.00 e. The molecule has 31 heavy (non-hydrogen) atoms. The van der Waals surface area contributed by atoms with Crippen molar-refractivity contribution in [2.45, 2.75) is 78.5 Å². The Kier molecular flexibility index (Phi) is 17.8. The first-order valence-electron chi connectivity index (χ1n) is 9.80. The summed E-state index contributed by atoms with van der Waals surface area (Å²) >= 11 is 5.03. The molecule has 1 unspecified atom stereocenters. The van der Waals surface area contributed by atoms with E-state index in [9.17, 15) is 19.2 Å². The van der Waals surface area contributed by atoms with Crippen LogP contribution in [0.5, 0.6) is 0 Å². The number of rotatable bonds is 7. The van der Waals surface area contributed by atoms with E-state index < -0.39 is 53.9 Å². The van der Waals surface area contributed by atoms with Gasteiger partial charge in [0.25, 0.3) is 0 Å². The Hall–Kier alpha value is -0.640. The van der Waals surface area contributed by atoms with E-state index in [4.69, 9.17) is 36.3 Å². The summed E-state index contributed by atoms with van der Waals surface area (Å²) in [7, 11) is 0.137. The van der Waals surface area contributed by atoms with Gasteiger partial charge in [0, 0.05) is 27.7 Å². The topological polar surface area (TPSA) is 114 Å². The van der Waals surface area contributed by atoms with E-state index in [1.165, 1.54) is 18.5 Å². The molecule has 1 rings (SSSR count). The second kappa shape index (κ2) is 16.9. The van der Waals surface area contributed by atoms with E-state index in [0.29, 0.717) is 0 Å². The summed E-state index contributed by atoms with van der Waals surface area (Å²) in [6.45, 7) is 11.4. The third-order valence-electron chi connectivity index (χ3n) is 4.14. The molecular formula is C19H33AuO9PS+. The number of carbonyl (C=O) groups excluding carboxylic acids is 4. The Morgan fingerprint density at radius 3 is 1.39 bits per heavy atom. The maximum Gasteiger partial charge on any atom is 1.00 e. The SMILES string of the molecule is CC(=O)OC1[C@@H](OC(C)=O)O[C@@H]([S-])[C@H](OC(C)=O)[C@H]1OC(C)=O.CC[PH+](CC)CC.[Au+]. The van der Waals surface area contributed by atoms with Crippen LogP contribution in [0.2, 0.25) is 0 Å². The van der Waals surface area contributed by atoms with Crippen LogP contribution in [-0.4, -0.2) is 72.4 Å². The van der Waals surface area contributed by atoms with Gasteiger partial charge in [-0.1, -0.05) is 0 Å². The standard InChI is InChI=1S/C13H18O9S.C6H15P.Au/c1-5(14)18-9-10(19-6(2)15)12(21-8(4)17)22-13(23)11(9)20-7(3)16;1-4-7(5-2)6-3;/h9-13,23H,1-4H3;4-6H2,1-3H3;/q;;+1/t9-,10?,11+,12-,13-;;/m0../s1. The number of hydrogen-bond acceptors (Lipinski definition) is 10. The molecule has 0 bridgehead atoms. The monoisotopic (exact) mass is 665 g/mol. The van der Waals surface area contributed by atoms with Gasteiger partial charge >= 0.3 is 46.3 Å². The van der Waals surface area contributed by atoms with Gasteiger partial charge in [-0.15, -0.1) is 0 Å². The first-order chi connectivity index (χ1) is 14.0. The van der Waals surface area contributed by atoms with Gasteiger partial charge in [-0.3, -0.25) is 19.2 Å². The molecule has 1 aliphatic rings. The summed E-state index contributed by atoms with van der Waals surface area (Å²) in [6, 6.07) is 0. The molecule has 12 heteroatoms. The molecule has 0 N–H and O–H groups in total. The Morgan fingerprint density at radius 1 is 0.710 bits per heavy atom. The molecule has 9 nitrogen and oxygen atoms in total. The fourth-order valence-electron chi connectivity index (χ4n) is 2.75. The van der Waals surface area contributed by atoms with Crippen molar-refractivity contribution >= 4 is 44.4 Å². The maximum absolute atomic E-state index is 11.3. The molecule has 0 spiro atoms. The van der Waals surface area contributed by atoms with Gasteiger partial charge in [-0.2, -0.15) is 0 Å². The summed E-state index contributed by atoms with van der Waals surface area (Å²) in [6.07, 6.45) is -0.838.